The number of benzene rings is 2. The van der Waals surface area contributed by atoms with E-state index < -0.39 is 23.7 Å². The van der Waals surface area contributed by atoms with Gasteiger partial charge in [0.1, 0.15) is 0 Å². The van der Waals surface area contributed by atoms with Gasteiger partial charge in [0.2, 0.25) is 11.8 Å². The predicted molar refractivity (Wildman–Crippen MR) is 152 cm³/mol. The maximum Gasteiger partial charge on any atom is 0.238 e. The lowest BCUT2D eigenvalue weighted by Gasteiger charge is -2.42. The van der Waals surface area contributed by atoms with E-state index in [0.717, 1.165) is 9.14 Å². The van der Waals surface area contributed by atoms with Gasteiger partial charge in [-0.05, 0) is 91.6 Å². The van der Waals surface area contributed by atoms with Crippen LogP contribution in [0.1, 0.15) is 38.2 Å². The lowest BCUT2D eigenvalue weighted by molar-refractivity contribution is -0.123. The number of aromatic hydroxyl groups is 1. The summed E-state index contributed by atoms with van der Waals surface area (Å²) in [6, 6.07) is 12.4. The molecule has 2 amide bonds. The predicted octanol–water partition coefficient (Wildman–Crippen LogP) is 5.03. The van der Waals surface area contributed by atoms with E-state index in [-0.39, 0.29) is 41.3 Å². The zero-order valence-electron chi connectivity index (χ0n) is 21.4. The molecule has 4 atom stereocenters. The molecule has 0 spiro atoms. The molecule has 0 radical (unpaired) electrons. The summed E-state index contributed by atoms with van der Waals surface area (Å²) in [5.41, 5.74) is 2.81. The number of fused-ring (bicyclic) bond motifs is 3. The van der Waals surface area contributed by atoms with Gasteiger partial charge in [0, 0.05) is 31.8 Å². The highest BCUT2D eigenvalue weighted by Gasteiger charge is 2.56. The number of phenolic OH excluding ortho intramolecular Hbond substituents is 1. The fourth-order valence-corrected chi connectivity index (χ4v) is 6.99. The first kappa shape index (κ1) is 25.7. The van der Waals surface area contributed by atoms with Crippen LogP contribution >= 0.6 is 22.6 Å². The minimum atomic E-state index is -0.726. The van der Waals surface area contributed by atoms with Crippen molar-refractivity contribution in [3.63, 3.8) is 0 Å². The van der Waals surface area contributed by atoms with Gasteiger partial charge in [-0.15, -0.1) is 0 Å². The van der Waals surface area contributed by atoms with Crippen molar-refractivity contribution < 1.29 is 29.0 Å². The highest BCUT2D eigenvalue weighted by atomic mass is 127. The summed E-state index contributed by atoms with van der Waals surface area (Å²) in [5.74, 6) is -3.27. The fourth-order valence-electron chi connectivity index (χ4n) is 6.63. The van der Waals surface area contributed by atoms with Gasteiger partial charge in [-0.3, -0.25) is 24.1 Å². The number of allylic oxidation sites excluding steroid dienone is 6. The van der Waals surface area contributed by atoms with Crippen LogP contribution in [0.15, 0.2) is 76.9 Å². The Kier molecular flexibility index (Phi) is 6.32. The number of halogens is 1. The Hall–Kier alpha value is -3.53. The van der Waals surface area contributed by atoms with Crippen molar-refractivity contribution in [3.8, 4) is 11.5 Å². The molecule has 0 aromatic heterocycles. The standard InChI is InChI=1S/C31H26INO6/c1-3-39-24-6-4-5-19(29(24)36)25-18-11-12-20-26(21(18)14-22-27(25)23(34)13-15(2)28(22)35)31(38)33(30(20)37)17-9-7-16(32)8-10-17/h4-11,13,20-21,25-26,36H,3,12,14H2,1-2H3/t20-,21+,25+,26-/m0/s1. The molecule has 7 nitrogen and oxygen atoms in total. The first-order valence-corrected chi connectivity index (χ1v) is 14.1. The third-order valence-corrected chi connectivity index (χ3v) is 9.01. The van der Waals surface area contributed by atoms with Crippen LogP contribution in [0.4, 0.5) is 5.69 Å². The average molecular weight is 635 g/mol. The molecule has 4 aliphatic rings. The number of nitrogens with zero attached hydrogens (tertiary/aromatic N) is 1. The first-order chi connectivity index (χ1) is 18.7. The Labute approximate surface area is 239 Å². The summed E-state index contributed by atoms with van der Waals surface area (Å²) in [5, 5.41) is 11.2. The molecule has 0 unspecified atom stereocenters. The molecule has 1 fully saturated rings. The van der Waals surface area contributed by atoms with Gasteiger partial charge >= 0.3 is 0 Å². The fraction of sp³-hybridized carbons (Fsp3) is 0.290. The molecular formula is C31H26INO6. The van der Waals surface area contributed by atoms with Gasteiger partial charge in [-0.25, -0.2) is 0 Å². The van der Waals surface area contributed by atoms with Crippen LogP contribution in [-0.2, 0) is 19.2 Å². The van der Waals surface area contributed by atoms with Crippen LogP contribution in [0.25, 0.3) is 0 Å². The van der Waals surface area contributed by atoms with E-state index in [0.29, 0.717) is 41.0 Å². The number of rotatable bonds is 4. The molecule has 1 aliphatic heterocycles. The molecule has 0 saturated carbocycles. The minimum absolute atomic E-state index is 0.0965. The molecule has 2 aromatic carbocycles. The number of carbonyl (C=O) groups excluding carboxylic acids is 4. The lowest BCUT2D eigenvalue weighted by Crippen LogP contribution is -2.39. The van der Waals surface area contributed by atoms with Gasteiger partial charge in [-0.1, -0.05) is 23.8 Å². The number of imide groups is 1. The Morgan fingerprint density at radius 3 is 2.49 bits per heavy atom. The van der Waals surface area contributed by atoms with Crippen molar-refractivity contribution in [1.82, 2.24) is 0 Å². The summed E-state index contributed by atoms with van der Waals surface area (Å²) >= 11 is 2.17. The second-order valence-electron chi connectivity index (χ2n) is 10.3. The zero-order chi connectivity index (χ0) is 27.6. The minimum Gasteiger partial charge on any atom is -0.504 e. The second kappa shape index (κ2) is 9.59. The van der Waals surface area contributed by atoms with Crippen molar-refractivity contribution in [2.45, 2.75) is 32.6 Å². The van der Waals surface area contributed by atoms with E-state index >= 15 is 0 Å². The first-order valence-electron chi connectivity index (χ1n) is 13.0. The maximum absolute atomic E-state index is 13.9. The SMILES string of the molecule is CCOc1cccc([C@H]2C3=CC[C@@H]4C(=O)N(c5ccc(I)cc5)C(=O)[C@@H]4[C@@H]3CC3=C2C(=O)C=C(C)C3=O)c1O. The van der Waals surface area contributed by atoms with E-state index in [1.807, 2.05) is 25.1 Å². The van der Waals surface area contributed by atoms with Gasteiger partial charge in [0.15, 0.2) is 23.1 Å². The molecule has 6 rings (SSSR count). The number of carbonyl (C=O) groups is 4. The molecule has 8 heteroatoms. The average Bonchev–Trinajstić information content (AvgIpc) is 3.18. The number of anilines is 1. The summed E-state index contributed by atoms with van der Waals surface area (Å²) in [6.45, 7) is 3.77. The van der Waals surface area contributed by atoms with Gasteiger partial charge in [-0.2, -0.15) is 0 Å². The van der Waals surface area contributed by atoms with Crippen LogP contribution in [0.3, 0.4) is 0 Å². The Morgan fingerprint density at radius 1 is 1.03 bits per heavy atom. The van der Waals surface area contributed by atoms with E-state index in [2.05, 4.69) is 22.6 Å². The highest BCUT2D eigenvalue weighted by Crippen LogP contribution is 2.57. The molecule has 0 bridgehead atoms. The second-order valence-corrected chi connectivity index (χ2v) is 11.6. The number of hydrogen-bond acceptors (Lipinski definition) is 6. The van der Waals surface area contributed by atoms with Crippen molar-refractivity contribution >= 4 is 51.7 Å². The number of Topliss-reactive ketones (excluding diaryl/α,β-unsaturated/α-hetero) is 1. The summed E-state index contributed by atoms with van der Waals surface area (Å²) in [7, 11) is 0. The molecule has 1 heterocycles. The van der Waals surface area contributed by atoms with Crippen molar-refractivity contribution in [3.05, 3.63) is 86.0 Å². The normalized spacial score (nSPS) is 26.2. The summed E-state index contributed by atoms with van der Waals surface area (Å²) in [6.07, 6.45) is 3.83. The monoisotopic (exact) mass is 635 g/mol. The summed E-state index contributed by atoms with van der Waals surface area (Å²) in [4.78, 5) is 55.6. The zero-order valence-corrected chi connectivity index (χ0v) is 23.6. The number of ether oxygens (including phenoxy) is 1. The van der Waals surface area contributed by atoms with E-state index in [4.69, 9.17) is 4.74 Å². The number of hydrogen-bond donors (Lipinski definition) is 1. The van der Waals surface area contributed by atoms with Crippen molar-refractivity contribution in [2.75, 3.05) is 11.5 Å². The number of para-hydroxylation sites is 1. The van der Waals surface area contributed by atoms with Crippen LogP contribution < -0.4 is 9.64 Å². The van der Waals surface area contributed by atoms with Crippen LogP contribution in [0, 0.1) is 21.3 Å². The lowest BCUT2D eigenvalue weighted by atomic mass is 9.59. The van der Waals surface area contributed by atoms with Gasteiger partial charge in [0.05, 0.1) is 24.1 Å². The molecule has 198 valence electrons. The van der Waals surface area contributed by atoms with E-state index in [1.165, 1.54) is 11.0 Å². The summed E-state index contributed by atoms with van der Waals surface area (Å²) < 4.78 is 6.61. The highest BCUT2D eigenvalue weighted by molar-refractivity contribution is 14.1. The van der Waals surface area contributed by atoms with E-state index in [1.54, 1.807) is 37.3 Å². The van der Waals surface area contributed by atoms with Gasteiger partial charge < -0.3 is 9.84 Å². The molecule has 1 N–H and O–H groups in total. The Balaban J connectivity index is 1.50. The molecule has 39 heavy (non-hydrogen) atoms. The smallest absolute Gasteiger partial charge is 0.238 e. The number of amides is 2. The quantitative estimate of drug-likeness (QED) is 0.219. The Morgan fingerprint density at radius 2 is 1.77 bits per heavy atom. The third kappa shape index (κ3) is 3.91. The maximum atomic E-state index is 13.9. The third-order valence-electron chi connectivity index (χ3n) is 8.29. The molecule has 2 aromatic rings. The van der Waals surface area contributed by atoms with Crippen LogP contribution in [-0.4, -0.2) is 35.1 Å². The number of ketones is 2. The van der Waals surface area contributed by atoms with Crippen molar-refractivity contribution in [2.24, 2.45) is 17.8 Å². The number of phenols is 1. The van der Waals surface area contributed by atoms with Crippen LogP contribution in [0.5, 0.6) is 11.5 Å². The topological polar surface area (TPSA) is 101 Å². The van der Waals surface area contributed by atoms with E-state index in [9.17, 15) is 24.3 Å². The molecular weight excluding hydrogens is 609 g/mol. The largest absolute Gasteiger partial charge is 0.504 e. The molecule has 1 saturated heterocycles. The van der Waals surface area contributed by atoms with Crippen LogP contribution in [0.2, 0.25) is 0 Å². The van der Waals surface area contributed by atoms with Crippen molar-refractivity contribution in [1.29, 1.82) is 0 Å². The Bertz CT molecular complexity index is 1550. The molecule has 3 aliphatic carbocycles. The van der Waals surface area contributed by atoms with Gasteiger partial charge in [0.25, 0.3) is 0 Å².